The second-order valence-corrected chi connectivity index (χ2v) is 5.29. The molecule has 0 atom stereocenters. The van der Waals surface area contributed by atoms with Gasteiger partial charge in [0.15, 0.2) is 0 Å². The topological polar surface area (TPSA) is 62.0 Å². The lowest BCUT2D eigenvalue weighted by atomic mass is 10.1. The summed E-state index contributed by atoms with van der Waals surface area (Å²) in [6.07, 6.45) is 11.3. The molecule has 0 fully saturated rings. The van der Waals surface area contributed by atoms with E-state index in [4.69, 9.17) is 9.94 Å². The number of phenolic OH excluding ortho intramolecular Hbond substituents is 1. The fourth-order valence-corrected chi connectivity index (χ4v) is 2.21. The zero-order valence-electron chi connectivity index (χ0n) is 12.9. The molecule has 2 N–H and O–H groups in total. The molecule has 0 spiro atoms. The molecule has 0 unspecified atom stereocenters. The van der Waals surface area contributed by atoms with Gasteiger partial charge in [-0.3, -0.25) is 0 Å². The van der Waals surface area contributed by atoms with E-state index in [1.54, 1.807) is 18.2 Å². The highest BCUT2D eigenvalue weighted by atomic mass is 16.5. The number of ether oxygens (including phenoxy) is 1. The number of hydrogen-bond acceptors (Lipinski definition) is 4. The monoisotopic (exact) mass is 293 g/mol. The summed E-state index contributed by atoms with van der Waals surface area (Å²) in [5, 5.41) is 21.0. The van der Waals surface area contributed by atoms with Crippen LogP contribution < -0.4 is 4.74 Å². The van der Waals surface area contributed by atoms with E-state index < -0.39 is 0 Å². The Balaban J connectivity index is 2.11. The van der Waals surface area contributed by atoms with Gasteiger partial charge in [0.1, 0.15) is 11.5 Å². The van der Waals surface area contributed by atoms with Gasteiger partial charge < -0.3 is 15.1 Å². The van der Waals surface area contributed by atoms with Crippen molar-refractivity contribution < 1.29 is 15.1 Å². The van der Waals surface area contributed by atoms with Crippen LogP contribution in [0.15, 0.2) is 23.4 Å². The molecule has 1 rings (SSSR count). The molecule has 0 radical (unpaired) electrons. The highest BCUT2D eigenvalue weighted by Crippen LogP contribution is 2.22. The van der Waals surface area contributed by atoms with Crippen molar-refractivity contribution in [3.05, 3.63) is 23.8 Å². The van der Waals surface area contributed by atoms with Crippen LogP contribution in [0.5, 0.6) is 11.5 Å². The van der Waals surface area contributed by atoms with Crippen molar-refractivity contribution in [2.45, 2.75) is 58.3 Å². The summed E-state index contributed by atoms with van der Waals surface area (Å²) in [7, 11) is 0. The number of oxime groups is 1. The summed E-state index contributed by atoms with van der Waals surface area (Å²) in [6, 6.07) is 4.97. The Morgan fingerprint density at radius 3 is 2.33 bits per heavy atom. The standard InChI is InChI=1S/C17H27NO3/c1-2-3-4-5-6-7-8-9-12-21-16-11-10-15(14-18-20)17(19)13-16/h10-11,13-14,19-20H,2-9,12H2,1H3. The maximum Gasteiger partial charge on any atom is 0.128 e. The number of phenols is 1. The lowest BCUT2D eigenvalue weighted by Gasteiger charge is -2.07. The molecule has 0 bridgehead atoms. The van der Waals surface area contributed by atoms with Crippen LogP contribution in [-0.4, -0.2) is 23.1 Å². The molecule has 0 aliphatic rings. The first-order valence-corrected chi connectivity index (χ1v) is 7.91. The van der Waals surface area contributed by atoms with E-state index in [9.17, 15) is 5.11 Å². The molecule has 4 nitrogen and oxygen atoms in total. The Labute approximate surface area is 127 Å². The van der Waals surface area contributed by atoms with E-state index >= 15 is 0 Å². The molecule has 0 saturated carbocycles. The number of hydrogen-bond donors (Lipinski definition) is 2. The lowest BCUT2D eigenvalue weighted by molar-refractivity contribution is 0.302. The molecule has 1 aromatic carbocycles. The molecule has 0 aliphatic carbocycles. The summed E-state index contributed by atoms with van der Waals surface area (Å²) >= 11 is 0. The van der Waals surface area contributed by atoms with Gasteiger partial charge in [0.2, 0.25) is 0 Å². The van der Waals surface area contributed by atoms with Gasteiger partial charge >= 0.3 is 0 Å². The molecule has 0 heterocycles. The Morgan fingerprint density at radius 2 is 1.71 bits per heavy atom. The molecule has 21 heavy (non-hydrogen) atoms. The van der Waals surface area contributed by atoms with Crippen LogP contribution in [0.2, 0.25) is 0 Å². The van der Waals surface area contributed by atoms with Crippen molar-refractivity contribution >= 4 is 6.21 Å². The van der Waals surface area contributed by atoms with E-state index in [0.29, 0.717) is 17.9 Å². The molecule has 0 amide bonds. The Hall–Kier alpha value is -1.71. The van der Waals surface area contributed by atoms with Gasteiger partial charge in [0.25, 0.3) is 0 Å². The number of unbranched alkanes of at least 4 members (excludes halogenated alkanes) is 7. The van der Waals surface area contributed by atoms with Crippen LogP contribution in [0.3, 0.4) is 0 Å². The van der Waals surface area contributed by atoms with E-state index in [1.165, 1.54) is 51.2 Å². The summed E-state index contributed by atoms with van der Waals surface area (Å²) in [5.41, 5.74) is 0.469. The van der Waals surface area contributed by atoms with Gasteiger partial charge in [0.05, 0.1) is 12.8 Å². The van der Waals surface area contributed by atoms with E-state index in [1.807, 2.05) is 0 Å². The van der Waals surface area contributed by atoms with Gasteiger partial charge in [-0.25, -0.2) is 0 Å². The minimum absolute atomic E-state index is 0.0567. The third-order valence-electron chi connectivity index (χ3n) is 3.47. The summed E-state index contributed by atoms with van der Waals surface area (Å²) in [6.45, 7) is 2.90. The number of rotatable bonds is 11. The fourth-order valence-electron chi connectivity index (χ4n) is 2.21. The van der Waals surface area contributed by atoms with Crippen LogP contribution in [0.25, 0.3) is 0 Å². The normalized spacial score (nSPS) is 11.1. The number of aromatic hydroxyl groups is 1. The first-order chi connectivity index (χ1) is 10.3. The quantitative estimate of drug-likeness (QED) is 0.268. The third kappa shape index (κ3) is 7.59. The van der Waals surface area contributed by atoms with Crippen LogP contribution in [-0.2, 0) is 0 Å². The zero-order chi connectivity index (χ0) is 15.3. The van der Waals surface area contributed by atoms with Gasteiger partial charge in [-0.2, -0.15) is 0 Å². The highest BCUT2D eigenvalue weighted by molar-refractivity contribution is 5.83. The second-order valence-electron chi connectivity index (χ2n) is 5.29. The molecule has 0 aliphatic heterocycles. The smallest absolute Gasteiger partial charge is 0.128 e. The van der Waals surface area contributed by atoms with Gasteiger partial charge in [-0.05, 0) is 18.6 Å². The van der Waals surface area contributed by atoms with Crippen molar-refractivity contribution in [1.82, 2.24) is 0 Å². The lowest BCUT2D eigenvalue weighted by Crippen LogP contribution is -1.97. The first kappa shape index (κ1) is 17.3. The molecular weight excluding hydrogens is 266 g/mol. The second kappa shape index (κ2) is 11.0. The van der Waals surface area contributed by atoms with Crippen LogP contribution in [0.4, 0.5) is 0 Å². The largest absolute Gasteiger partial charge is 0.507 e. The van der Waals surface area contributed by atoms with Gasteiger partial charge in [-0.1, -0.05) is 57.0 Å². The van der Waals surface area contributed by atoms with Crippen LogP contribution >= 0.6 is 0 Å². The number of benzene rings is 1. The molecule has 0 saturated heterocycles. The van der Waals surface area contributed by atoms with Crippen molar-refractivity contribution in [2.75, 3.05) is 6.61 Å². The minimum Gasteiger partial charge on any atom is -0.507 e. The molecule has 0 aromatic heterocycles. The predicted octanol–water partition coefficient (Wildman–Crippen LogP) is 4.72. The summed E-state index contributed by atoms with van der Waals surface area (Å²) < 4.78 is 5.60. The van der Waals surface area contributed by atoms with Crippen molar-refractivity contribution in [2.24, 2.45) is 5.16 Å². The average molecular weight is 293 g/mol. The highest BCUT2D eigenvalue weighted by Gasteiger charge is 2.01. The zero-order valence-corrected chi connectivity index (χ0v) is 12.9. The van der Waals surface area contributed by atoms with Gasteiger partial charge in [-0.15, -0.1) is 0 Å². The van der Waals surface area contributed by atoms with E-state index in [-0.39, 0.29) is 5.75 Å². The van der Waals surface area contributed by atoms with Crippen molar-refractivity contribution in [3.8, 4) is 11.5 Å². The Morgan fingerprint density at radius 1 is 1.05 bits per heavy atom. The van der Waals surface area contributed by atoms with Crippen molar-refractivity contribution in [1.29, 1.82) is 0 Å². The van der Waals surface area contributed by atoms with Gasteiger partial charge in [0, 0.05) is 11.6 Å². The minimum atomic E-state index is 0.0567. The third-order valence-corrected chi connectivity index (χ3v) is 3.47. The first-order valence-electron chi connectivity index (χ1n) is 7.91. The molecule has 1 aromatic rings. The van der Waals surface area contributed by atoms with Crippen LogP contribution in [0.1, 0.15) is 63.9 Å². The summed E-state index contributed by atoms with van der Waals surface area (Å²) in [4.78, 5) is 0. The fraction of sp³-hybridized carbons (Fsp3) is 0.588. The van der Waals surface area contributed by atoms with Crippen LogP contribution in [0, 0.1) is 0 Å². The maximum atomic E-state index is 9.68. The SMILES string of the molecule is CCCCCCCCCCOc1ccc(C=NO)c(O)c1. The predicted molar refractivity (Wildman–Crippen MR) is 85.6 cm³/mol. The molecular formula is C17H27NO3. The maximum absolute atomic E-state index is 9.68. The van der Waals surface area contributed by atoms with Crippen molar-refractivity contribution in [3.63, 3.8) is 0 Å². The summed E-state index contributed by atoms with van der Waals surface area (Å²) in [5.74, 6) is 0.701. The molecule has 4 heteroatoms. The average Bonchev–Trinajstić information content (AvgIpc) is 2.48. The van der Waals surface area contributed by atoms with E-state index in [0.717, 1.165) is 6.42 Å². The molecule has 118 valence electrons. The Kier molecular flexibility index (Phi) is 9.09. The Bertz CT molecular complexity index is 418. The number of nitrogens with zero attached hydrogens (tertiary/aromatic N) is 1. The van der Waals surface area contributed by atoms with E-state index in [2.05, 4.69) is 12.1 Å².